The molecule has 1 heterocycles. The second kappa shape index (κ2) is 7.50. The van der Waals surface area contributed by atoms with Crippen molar-refractivity contribution in [1.29, 1.82) is 0 Å². The summed E-state index contributed by atoms with van der Waals surface area (Å²) < 4.78 is 27.6. The molecule has 1 saturated heterocycles. The summed E-state index contributed by atoms with van der Waals surface area (Å²) in [7, 11) is -3.68. The first-order valence-electron chi connectivity index (χ1n) is 8.84. The fraction of sp³-hybridized carbons (Fsp3) is 0.350. The second-order valence-electron chi connectivity index (χ2n) is 7.00. The van der Waals surface area contributed by atoms with E-state index >= 15 is 0 Å². The molecule has 1 atom stereocenters. The number of carbonyl (C=O) groups excluding carboxylic acids is 1. The van der Waals surface area contributed by atoms with E-state index in [0.29, 0.717) is 17.2 Å². The summed E-state index contributed by atoms with van der Waals surface area (Å²) in [5.41, 5.74) is 1.89. The molecule has 3 rings (SSSR count). The molecule has 1 unspecified atom stereocenters. The molecule has 0 saturated carbocycles. The zero-order valence-corrected chi connectivity index (χ0v) is 15.9. The molecule has 1 N–H and O–H groups in total. The van der Waals surface area contributed by atoms with E-state index in [4.69, 9.17) is 0 Å². The Morgan fingerprint density at radius 2 is 1.88 bits per heavy atom. The number of likely N-dealkylation sites (tertiary alicyclic amines) is 1. The Bertz CT molecular complexity index is 892. The fourth-order valence-corrected chi connectivity index (χ4v) is 4.25. The van der Waals surface area contributed by atoms with Crippen molar-refractivity contribution in [3.05, 3.63) is 59.7 Å². The summed E-state index contributed by atoms with van der Waals surface area (Å²) >= 11 is 0. The average molecular weight is 372 g/mol. The molecule has 2 aromatic rings. The lowest BCUT2D eigenvalue weighted by atomic mass is 9.99. The van der Waals surface area contributed by atoms with Crippen LogP contribution in [0.5, 0.6) is 0 Å². The standard InChI is InChI=1S/C20H24N2O3S/c1-15-8-10-19(11-9-15)26(24,25)21-18-7-3-6-17(13-18)20(23)22-12-4-5-16(2)14-22/h3,6-11,13,16,21H,4-5,12,14H2,1-2H3. The van der Waals surface area contributed by atoms with E-state index in [9.17, 15) is 13.2 Å². The van der Waals surface area contributed by atoms with Gasteiger partial charge in [0, 0.05) is 24.3 Å². The van der Waals surface area contributed by atoms with Gasteiger partial charge in [-0.1, -0.05) is 30.7 Å². The minimum Gasteiger partial charge on any atom is -0.338 e. The monoisotopic (exact) mass is 372 g/mol. The van der Waals surface area contributed by atoms with Crippen LogP contribution in [0, 0.1) is 12.8 Å². The van der Waals surface area contributed by atoms with Crippen LogP contribution >= 0.6 is 0 Å². The van der Waals surface area contributed by atoms with Gasteiger partial charge in [0.1, 0.15) is 0 Å². The highest BCUT2D eigenvalue weighted by Crippen LogP contribution is 2.21. The molecule has 0 spiro atoms. The summed E-state index contributed by atoms with van der Waals surface area (Å²) in [4.78, 5) is 14.8. The van der Waals surface area contributed by atoms with Crippen LogP contribution in [-0.2, 0) is 10.0 Å². The third-order valence-corrected chi connectivity index (χ3v) is 6.03. The van der Waals surface area contributed by atoms with Crippen molar-refractivity contribution in [1.82, 2.24) is 4.90 Å². The van der Waals surface area contributed by atoms with E-state index in [1.807, 2.05) is 11.8 Å². The number of hydrogen-bond donors (Lipinski definition) is 1. The van der Waals surface area contributed by atoms with Crippen LogP contribution in [0.2, 0.25) is 0 Å². The third kappa shape index (κ3) is 4.25. The predicted molar refractivity (Wildman–Crippen MR) is 103 cm³/mol. The minimum absolute atomic E-state index is 0.0482. The van der Waals surface area contributed by atoms with Gasteiger partial charge in [0.25, 0.3) is 15.9 Å². The Morgan fingerprint density at radius 1 is 1.15 bits per heavy atom. The maximum Gasteiger partial charge on any atom is 0.261 e. The molecule has 2 aromatic carbocycles. The van der Waals surface area contributed by atoms with Gasteiger partial charge in [-0.3, -0.25) is 9.52 Å². The number of amides is 1. The lowest BCUT2D eigenvalue weighted by molar-refractivity contribution is 0.0683. The summed E-state index contributed by atoms with van der Waals surface area (Å²) in [5, 5.41) is 0. The number of piperidine rings is 1. The lowest BCUT2D eigenvalue weighted by Crippen LogP contribution is -2.39. The van der Waals surface area contributed by atoms with Crippen LogP contribution < -0.4 is 4.72 Å². The highest BCUT2D eigenvalue weighted by molar-refractivity contribution is 7.92. The predicted octanol–water partition coefficient (Wildman–Crippen LogP) is 3.67. The van der Waals surface area contributed by atoms with Gasteiger partial charge in [-0.2, -0.15) is 0 Å². The molecule has 6 heteroatoms. The number of nitrogens with zero attached hydrogens (tertiary/aromatic N) is 1. The second-order valence-corrected chi connectivity index (χ2v) is 8.68. The van der Waals surface area contributed by atoms with E-state index < -0.39 is 10.0 Å². The first-order chi connectivity index (χ1) is 12.3. The van der Waals surface area contributed by atoms with Crippen molar-refractivity contribution in [2.75, 3.05) is 17.8 Å². The number of rotatable bonds is 4. The quantitative estimate of drug-likeness (QED) is 0.890. The Morgan fingerprint density at radius 3 is 2.58 bits per heavy atom. The van der Waals surface area contributed by atoms with E-state index in [-0.39, 0.29) is 10.8 Å². The van der Waals surface area contributed by atoms with E-state index in [1.165, 1.54) is 0 Å². The SMILES string of the molecule is Cc1ccc(S(=O)(=O)Nc2cccc(C(=O)N3CCCC(C)C3)c2)cc1. The van der Waals surface area contributed by atoms with Gasteiger partial charge in [0.15, 0.2) is 0 Å². The van der Waals surface area contributed by atoms with Gasteiger partial charge in [0.2, 0.25) is 0 Å². The Balaban J connectivity index is 1.78. The molecule has 0 aliphatic carbocycles. The first-order valence-corrected chi connectivity index (χ1v) is 10.3. The Kier molecular flexibility index (Phi) is 5.32. The van der Waals surface area contributed by atoms with Gasteiger partial charge < -0.3 is 4.90 Å². The summed E-state index contributed by atoms with van der Waals surface area (Å²) in [6.45, 7) is 5.55. The van der Waals surface area contributed by atoms with Crippen LogP contribution in [0.25, 0.3) is 0 Å². The summed E-state index contributed by atoms with van der Waals surface area (Å²) in [6.07, 6.45) is 2.15. The molecule has 138 valence electrons. The average Bonchev–Trinajstić information content (AvgIpc) is 2.61. The van der Waals surface area contributed by atoms with Gasteiger partial charge in [-0.15, -0.1) is 0 Å². The van der Waals surface area contributed by atoms with Gasteiger partial charge >= 0.3 is 0 Å². The molecule has 1 aliphatic heterocycles. The van der Waals surface area contributed by atoms with Crippen LogP contribution in [0.3, 0.4) is 0 Å². The number of anilines is 1. The van der Waals surface area contributed by atoms with Crippen LogP contribution in [0.15, 0.2) is 53.4 Å². The first kappa shape index (κ1) is 18.5. The normalized spacial score (nSPS) is 17.8. The van der Waals surface area contributed by atoms with Crippen molar-refractivity contribution in [3.63, 3.8) is 0 Å². The van der Waals surface area contributed by atoms with E-state index in [0.717, 1.165) is 31.5 Å². The molecule has 0 bridgehead atoms. The lowest BCUT2D eigenvalue weighted by Gasteiger charge is -2.31. The number of nitrogens with one attached hydrogen (secondary N) is 1. The smallest absolute Gasteiger partial charge is 0.261 e. The van der Waals surface area contributed by atoms with Crippen molar-refractivity contribution < 1.29 is 13.2 Å². The minimum atomic E-state index is -3.68. The topological polar surface area (TPSA) is 66.5 Å². The fourth-order valence-electron chi connectivity index (χ4n) is 3.20. The zero-order chi connectivity index (χ0) is 18.7. The van der Waals surface area contributed by atoms with Crippen molar-refractivity contribution in [2.45, 2.75) is 31.6 Å². The highest BCUT2D eigenvalue weighted by Gasteiger charge is 2.22. The zero-order valence-electron chi connectivity index (χ0n) is 15.1. The van der Waals surface area contributed by atoms with Crippen LogP contribution in [-0.4, -0.2) is 32.3 Å². The number of hydrogen-bond acceptors (Lipinski definition) is 3. The number of benzene rings is 2. The van der Waals surface area contributed by atoms with E-state index in [2.05, 4.69) is 11.6 Å². The molecule has 0 radical (unpaired) electrons. The number of carbonyl (C=O) groups is 1. The summed E-state index contributed by atoms with van der Waals surface area (Å²) in [5.74, 6) is 0.448. The molecule has 1 aliphatic rings. The number of sulfonamides is 1. The maximum absolute atomic E-state index is 12.7. The van der Waals surface area contributed by atoms with Crippen molar-refractivity contribution in [2.24, 2.45) is 5.92 Å². The third-order valence-electron chi connectivity index (χ3n) is 4.64. The highest BCUT2D eigenvalue weighted by atomic mass is 32.2. The van der Waals surface area contributed by atoms with Crippen molar-refractivity contribution in [3.8, 4) is 0 Å². The van der Waals surface area contributed by atoms with Gasteiger partial charge in [-0.25, -0.2) is 8.42 Å². The summed E-state index contributed by atoms with van der Waals surface area (Å²) in [6, 6.07) is 13.3. The molecule has 1 amide bonds. The molecule has 26 heavy (non-hydrogen) atoms. The molecular formula is C20H24N2O3S. The maximum atomic E-state index is 12.7. The van der Waals surface area contributed by atoms with E-state index in [1.54, 1.807) is 48.5 Å². The Hall–Kier alpha value is -2.34. The largest absolute Gasteiger partial charge is 0.338 e. The molecule has 0 aromatic heterocycles. The van der Waals surface area contributed by atoms with Gasteiger partial charge in [0.05, 0.1) is 4.90 Å². The molecular weight excluding hydrogens is 348 g/mol. The van der Waals surface area contributed by atoms with Crippen LogP contribution in [0.1, 0.15) is 35.7 Å². The molecule has 5 nitrogen and oxygen atoms in total. The van der Waals surface area contributed by atoms with Crippen LogP contribution in [0.4, 0.5) is 5.69 Å². The van der Waals surface area contributed by atoms with Crippen molar-refractivity contribution >= 4 is 21.6 Å². The molecule has 1 fully saturated rings. The Labute approximate surface area is 155 Å². The van der Waals surface area contributed by atoms with Gasteiger partial charge in [-0.05, 0) is 56.0 Å². The number of aryl methyl sites for hydroxylation is 1.